The first kappa shape index (κ1) is 12.1. The molecule has 0 aliphatic carbocycles. The van der Waals surface area contributed by atoms with Crippen LogP contribution in [0.15, 0.2) is 18.2 Å². The summed E-state index contributed by atoms with van der Waals surface area (Å²) in [6.07, 6.45) is -4.82. The smallest absolute Gasteiger partial charge is 0.406 e. The monoisotopic (exact) mass is 257 g/mol. The van der Waals surface area contributed by atoms with Crippen LogP contribution in [0.3, 0.4) is 0 Å². The maximum absolute atomic E-state index is 12.0. The van der Waals surface area contributed by atoms with Crippen molar-refractivity contribution < 1.29 is 27.5 Å². The minimum Gasteiger partial charge on any atom is -0.406 e. The summed E-state index contributed by atoms with van der Waals surface area (Å²) in [6, 6.07) is 3.36. The summed E-state index contributed by atoms with van der Waals surface area (Å²) in [5.41, 5.74) is 8.82. The molecule has 1 aliphatic rings. The summed E-state index contributed by atoms with van der Waals surface area (Å²) in [5, 5.41) is 0. The van der Waals surface area contributed by atoms with Crippen LogP contribution in [-0.4, -0.2) is 29.8 Å². The number of alkyl halides is 3. The van der Waals surface area contributed by atoms with E-state index in [4.69, 9.17) is 5.53 Å². The van der Waals surface area contributed by atoms with Gasteiger partial charge in [0.15, 0.2) is 0 Å². The van der Waals surface area contributed by atoms with Gasteiger partial charge in [0.1, 0.15) is 5.75 Å². The summed E-state index contributed by atoms with van der Waals surface area (Å²) < 4.78 is 39.9. The minimum atomic E-state index is -4.82. The van der Waals surface area contributed by atoms with Crippen LogP contribution in [0.2, 0.25) is 0 Å². The molecule has 2 rings (SSSR count). The number of nitrogens with zero attached hydrogens (tertiary/aromatic N) is 3. The van der Waals surface area contributed by atoms with Crippen LogP contribution in [0.1, 0.15) is 5.56 Å². The lowest BCUT2D eigenvalue weighted by atomic mass is 10.1. The molecule has 5 nitrogen and oxygen atoms in total. The zero-order valence-electron chi connectivity index (χ0n) is 9.02. The normalized spacial score (nSPS) is 14.6. The summed E-state index contributed by atoms with van der Waals surface area (Å²) in [7, 11) is 1.42. The molecule has 1 heterocycles. The third-order valence-electron chi connectivity index (χ3n) is 2.43. The van der Waals surface area contributed by atoms with Crippen molar-refractivity contribution >= 4 is 17.3 Å². The molecule has 8 heteroatoms. The van der Waals surface area contributed by atoms with Crippen LogP contribution < -0.4 is 9.64 Å². The van der Waals surface area contributed by atoms with Gasteiger partial charge in [-0.2, -0.15) is 4.79 Å². The maximum Gasteiger partial charge on any atom is 0.573 e. The van der Waals surface area contributed by atoms with Gasteiger partial charge in [-0.1, -0.05) is 0 Å². The topological polar surface area (TPSA) is 65.9 Å². The van der Waals surface area contributed by atoms with Crippen LogP contribution in [0.25, 0.3) is 5.53 Å². The number of amides is 1. The fraction of sp³-hybridized carbons (Fsp3) is 0.200. The highest BCUT2D eigenvalue weighted by atomic mass is 19.4. The molecule has 0 saturated carbocycles. The van der Waals surface area contributed by atoms with Crippen molar-refractivity contribution in [2.75, 3.05) is 11.9 Å². The number of rotatable bonds is 1. The molecule has 0 aromatic heterocycles. The van der Waals surface area contributed by atoms with E-state index in [9.17, 15) is 18.0 Å². The first-order valence-corrected chi connectivity index (χ1v) is 4.74. The fourth-order valence-electron chi connectivity index (χ4n) is 1.67. The molecule has 1 aliphatic heterocycles. The molecule has 0 N–H and O–H groups in total. The second-order valence-electron chi connectivity index (χ2n) is 3.54. The first-order valence-electron chi connectivity index (χ1n) is 4.74. The molecule has 0 spiro atoms. The number of ether oxygens (including phenoxy) is 1. The van der Waals surface area contributed by atoms with Crippen molar-refractivity contribution in [3.8, 4) is 5.75 Å². The number of fused-ring (bicyclic) bond motifs is 1. The van der Waals surface area contributed by atoms with Gasteiger partial charge >= 0.3 is 18.0 Å². The summed E-state index contributed by atoms with van der Waals surface area (Å²) >= 11 is 0. The molecule has 0 unspecified atom stereocenters. The van der Waals surface area contributed by atoms with Crippen LogP contribution in [0.5, 0.6) is 5.75 Å². The Kier molecular flexibility index (Phi) is 2.59. The van der Waals surface area contributed by atoms with E-state index in [0.717, 1.165) is 12.1 Å². The second kappa shape index (κ2) is 3.85. The number of benzene rings is 1. The summed E-state index contributed by atoms with van der Waals surface area (Å²) in [6.45, 7) is 0. The Bertz CT molecular complexity index is 576. The Balaban J connectivity index is 2.48. The maximum atomic E-state index is 12.0. The van der Waals surface area contributed by atoms with Crippen molar-refractivity contribution in [3.63, 3.8) is 0 Å². The SMILES string of the molecule is CN1C(=O)C(=[N+]=[N-])c2cc(OC(F)(F)F)ccc21. The zero-order chi connectivity index (χ0) is 13.5. The third-order valence-corrected chi connectivity index (χ3v) is 2.43. The highest BCUT2D eigenvalue weighted by molar-refractivity contribution is 6.52. The van der Waals surface area contributed by atoms with Crippen molar-refractivity contribution in [3.05, 3.63) is 29.3 Å². The van der Waals surface area contributed by atoms with E-state index in [1.165, 1.54) is 18.0 Å². The lowest BCUT2D eigenvalue weighted by molar-refractivity contribution is -0.274. The van der Waals surface area contributed by atoms with Gasteiger partial charge in [0.2, 0.25) is 0 Å². The Hall–Kier alpha value is -2.34. The van der Waals surface area contributed by atoms with Gasteiger partial charge in [0.25, 0.3) is 0 Å². The van der Waals surface area contributed by atoms with Gasteiger partial charge in [-0.15, -0.1) is 13.2 Å². The third kappa shape index (κ3) is 1.93. The molecule has 1 aromatic carbocycles. The Labute approximate surface area is 99.0 Å². The van der Waals surface area contributed by atoms with Crippen molar-refractivity contribution in [1.29, 1.82) is 0 Å². The number of hydrogen-bond donors (Lipinski definition) is 0. The first-order chi connectivity index (χ1) is 8.33. The van der Waals surface area contributed by atoms with Crippen LogP contribution in [0, 0.1) is 0 Å². The lowest BCUT2D eigenvalue weighted by Gasteiger charge is -2.10. The van der Waals surface area contributed by atoms with Gasteiger partial charge in [-0.05, 0) is 18.2 Å². The van der Waals surface area contributed by atoms with Crippen molar-refractivity contribution in [1.82, 2.24) is 0 Å². The van der Waals surface area contributed by atoms with E-state index in [2.05, 4.69) is 9.53 Å². The molecule has 0 saturated heterocycles. The second-order valence-corrected chi connectivity index (χ2v) is 3.54. The number of carbonyl (C=O) groups is 1. The Morgan fingerprint density at radius 3 is 2.61 bits per heavy atom. The van der Waals surface area contributed by atoms with Crippen LogP contribution in [-0.2, 0) is 4.79 Å². The minimum absolute atomic E-state index is 0.0896. The molecule has 1 amide bonds. The number of halogens is 3. The molecule has 0 atom stereocenters. The van der Waals surface area contributed by atoms with E-state index in [-0.39, 0.29) is 11.3 Å². The number of anilines is 1. The lowest BCUT2D eigenvalue weighted by Crippen LogP contribution is -2.25. The Morgan fingerprint density at radius 1 is 1.39 bits per heavy atom. The van der Waals surface area contributed by atoms with Crippen LogP contribution in [0.4, 0.5) is 18.9 Å². The highest BCUT2D eigenvalue weighted by Crippen LogP contribution is 2.32. The van der Waals surface area contributed by atoms with Gasteiger partial charge < -0.3 is 15.2 Å². The molecular weight excluding hydrogens is 251 g/mol. The van der Waals surface area contributed by atoms with Gasteiger partial charge in [-0.3, -0.25) is 4.79 Å². The molecule has 0 fully saturated rings. The van der Waals surface area contributed by atoms with Crippen molar-refractivity contribution in [2.24, 2.45) is 0 Å². The summed E-state index contributed by atoms with van der Waals surface area (Å²) in [4.78, 5) is 15.5. The van der Waals surface area contributed by atoms with E-state index < -0.39 is 18.0 Å². The van der Waals surface area contributed by atoms with E-state index in [0.29, 0.717) is 5.69 Å². The van der Waals surface area contributed by atoms with Gasteiger partial charge in [0.05, 0.1) is 11.3 Å². The number of likely N-dealkylation sites (N-methyl/N-ethyl adjacent to an activating group) is 1. The molecule has 18 heavy (non-hydrogen) atoms. The summed E-state index contributed by atoms with van der Waals surface area (Å²) in [5.74, 6) is -1.08. The number of carbonyl (C=O) groups excluding carboxylic acids is 1. The van der Waals surface area contributed by atoms with Gasteiger partial charge in [0, 0.05) is 7.05 Å². The number of hydrogen-bond acceptors (Lipinski definition) is 2. The van der Waals surface area contributed by atoms with Crippen LogP contribution >= 0.6 is 0 Å². The molecule has 0 bridgehead atoms. The quantitative estimate of drug-likeness (QED) is 0.566. The highest BCUT2D eigenvalue weighted by Gasteiger charge is 2.39. The predicted octanol–water partition coefficient (Wildman–Crippen LogP) is 1.58. The molecular formula is C10H6F3N3O2. The molecule has 1 aromatic rings. The molecule has 94 valence electrons. The fourth-order valence-corrected chi connectivity index (χ4v) is 1.67. The zero-order valence-corrected chi connectivity index (χ0v) is 9.02. The average Bonchev–Trinajstić information content (AvgIpc) is 2.49. The van der Waals surface area contributed by atoms with Gasteiger partial charge in [-0.25, -0.2) is 0 Å². The standard InChI is InChI=1S/C10H6F3N3O2/c1-16-7-3-2-5(18-10(11,12)13)4-6(7)8(15-14)9(16)17/h2-4H,1H3. The Morgan fingerprint density at radius 2 is 2.06 bits per heavy atom. The largest absolute Gasteiger partial charge is 0.573 e. The molecule has 0 radical (unpaired) electrons. The van der Waals surface area contributed by atoms with E-state index in [1.807, 2.05) is 0 Å². The van der Waals surface area contributed by atoms with Crippen molar-refractivity contribution in [2.45, 2.75) is 6.36 Å². The van der Waals surface area contributed by atoms with E-state index in [1.54, 1.807) is 0 Å². The average molecular weight is 257 g/mol. The predicted molar refractivity (Wildman–Crippen MR) is 54.3 cm³/mol. The van der Waals surface area contributed by atoms with E-state index >= 15 is 0 Å².